The maximum atomic E-state index is 13.4. The van der Waals surface area contributed by atoms with Gasteiger partial charge in [-0.1, -0.05) is 12.1 Å². The average Bonchev–Trinajstić information content (AvgIpc) is 3.46. The molecule has 0 atom stereocenters. The number of methoxy groups -OCH3 is 1. The summed E-state index contributed by atoms with van der Waals surface area (Å²) in [7, 11) is 1.65. The number of aromatic nitrogens is 4. The minimum Gasteiger partial charge on any atom is -0.497 e. The molecular weight excluding hydrogens is 438 g/mol. The van der Waals surface area contributed by atoms with E-state index in [0.717, 1.165) is 60.0 Å². The van der Waals surface area contributed by atoms with Gasteiger partial charge in [0.2, 0.25) is 0 Å². The van der Waals surface area contributed by atoms with E-state index in [4.69, 9.17) is 9.47 Å². The van der Waals surface area contributed by atoms with Gasteiger partial charge in [0.25, 0.3) is 0 Å². The van der Waals surface area contributed by atoms with Crippen molar-refractivity contribution < 1.29 is 9.47 Å². The molecule has 0 N–H and O–H groups in total. The maximum Gasteiger partial charge on any atom is 0.352 e. The molecule has 2 aliphatic rings. The quantitative estimate of drug-likeness (QED) is 0.417. The molecule has 0 amide bonds. The molecule has 6 rings (SSSR count). The second-order valence-corrected chi connectivity index (χ2v) is 10.1. The number of thiophene rings is 1. The van der Waals surface area contributed by atoms with Crippen LogP contribution in [0.15, 0.2) is 35.4 Å². The lowest BCUT2D eigenvalue weighted by molar-refractivity contribution is 0.0201. The van der Waals surface area contributed by atoms with Crippen molar-refractivity contribution in [3.8, 4) is 5.75 Å². The summed E-state index contributed by atoms with van der Waals surface area (Å²) in [5, 5.41) is 5.32. The summed E-state index contributed by atoms with van der Waals surface area (Å²) < 4.78 is 14.5. The highest BCUT2D eigenvalue weighted by molar-refractivity contribution is 7.19. The normalized spacial score (nSPS) is 16.9. The molecule has 172 valence electrons. The Labute approximate surface area is 195 Å². The predicted octanol–water partition coefficient (Wildman–Crippen LogP) is 3.29. The zero-order valence-electron chi connectivity index (χ0n) is 18.7. The van der Waals surface area contributed by atoms with E-state index in [1.165, 1.54) is 34.1 Å². The van der Waals surface area contributed by atoms with Gasteiger partial charge < -0.3 is 9.47 Å². The Balaban J connectivity index is 1.40. The van der Waals surface area contributed by atoms with Gasteiger partial charge in [0.05, 0.1) is 32.4 Å². The van der Waals surface area contributed by atoms with Crippen molar-refractivity contribution in [1.29, 1.82) is 0 Å². The summed E-state index contributed by atoms with van der Waals surface area (Å²) in [5.41, 5.74) is 2.85. The maximum absolute atomic E-state index is 13.4. The topological polar surface area (TPSA) is 73.9 Å². The van der Waals surface area contributed by atoms with Gasteiger partial charge in [-0.15, -0.1) is 11.3 Å². The van der Waals surface area contributed by atoms with E-state index in [1.54, 1.807) is 18.4 Å². The zero-order chi connectivity index (χ0) is 22.4. The lowest BCUT2D eigenvalue weighted by Gasteiger charge is -2.19. The first-order valence-electron chi connectivity index (χ1n) is 11.5. The SMILES string of the molecule is COc1ccc(Cn2c(=O)n3ncnc3c3c4c(sc32)CN(COCC2CC2)CCC4)cc1. The van der Waals surface area contributed by atoms with Crippen molar-refractivity contribution in [1.82, 2.24) is 24.1 Å². The van der Waals surface area contributed by atoms with Gasteiger partial charge in [-0.2, -0.15) is 9.61 Å². The molecule has 0 radical (unpaired) electrons. The number of aryl methyl sites for hydroxylation is 1. The van der Waals surface area contributed by atoms with Crippen LogP contribution in [0.5, 0.6) is 5.75 Å². The summed E-state index contributed by atoms with van der Waals surface area (Å²) in [6.45, 7) is 3.88. The number of nitrogens with zero attached hydrogens (tertiary/aromatic N) is 5. The summed E-state index contributed by atoms with van der Waals surface area (Å²) in [6, 6.07) is 7.85. The molecule has 33 heavy (non-hydrogen) atoms. The van der Waals surface area contributed by atoms with Crippen LogP contribution in [0.25, 0.3) is 15.9 Å². The van der Waals surface area contributed by atoms with Crippen LogP contribution < -0.4 is 10.4 Å². The van der Waals surface area contributed by atoms with Crippen LogP contribution in [0.4, 0.5) is 0 Å². The second-order valence-electron chi connectivity index (χ2n) is 9.00. The lowest BCUT2D eigenvalue weighted by Crippen LogP contribution is -2.28. The van der Waals surface area contributed by atoms with Crippen molar-refractivity contribution in [3.63, 3.8) is 0 Å². The van der Waals surface area contributed by atoms with Gasteiger partial charge >= 0.3 is 5.69 Å². The molecular formula is C24H27N5O3S. The average molecular weight is 466 g/mol. The van der Waals surface area contributed by atoms with Crippen LogP contribution in [0.3, 0.4) is 0 Å². The Hall–Kier alpha value is -2.75. The monoisotopic (exact) mass is 465 g/mol. The van der Waals surface area contributed by atoms with E-state index in [1.807, 2.05) is 28.8 Å². The number of rotatable bonds is 7. The standard InChI is InChI=1S/C24H27N5O3S/c1-31-18-8-6-16(7-9-18)11-28-23-21(22-25-14-26-29(22)24(28)30)19-3-2-10-27(12-20(19)33-23)15-32-13-17-4-5-17/h6-9,14,17H,2-5,10-13,15H2,1H3. The number of fused-ring (bicyclic) bond motifs is 5. The molecule has 1 aliphatic heterocycles. The third kappa shape index (κ3) is 3.94. The third-order valence-corrected chi connectivity index (χ3v) is 7.83. The minimum atomic E-state index is -0.160. The van der Waals surface area contributed by atoms with Gasteiger partial charge in [0, 0.05) is 18.0 Å². The first-order valence-corrected chi connectivity index (χ1v) is 12.3. The molecule has 0 bridgehead atoms. The fourth-order valence-electron chi connectivity index (χ4n) is 4.62. The summed E-state index contributed by atoms with van der Waals surface area (Å²) in [5.74, 6) is 1.57. The molecule has 3 aromatic heterocycles. The fraction of sp³-hybridized carbons (Fsp3) is 0.458. The number of benzene rings is 1. The summed E-state index contributed by atoms with van der Waals surface area (Å²) >= 11 is 1.71. The number of hydrogen-bond donors (Lipinski definition) is 0. The Bertz CT molecular complexity index is 1350. The number of hydrogen-bond acceptors (Lipinski definition) is 7. The van der Waals surface area contributed by atoms with Gasteiger partial charge in [-0.25, -0.2) is 9.78 Å². The summed E-state index contributed by atoms with van der Waals surface area (Å²) in [6.07, 6.45) is 6.12. The smallest absolute Gasteiger partial charge is 0.352 e. The van der Waals surface area contributed by atoms with Crippen LogP contribution in [0.1, 0.15) is 35.3 Å². The van der Waals surface area contributed by atoms with Crippen molar-refractivity contribution in [3.05, 3.63) is 57.1 Å². The molecule has 9 heteroatoms. The van der Waals surface area contributed by atoms with E-state index >= 15 is 0 Å². The van der Waals surface area contributed by atoms with E-state index in [2.05, 4.69) is 15.0 Å². The molecule has 1 aliphatic carbocycles. The van der Waals surface area contributed by atoms with E-state index in [0.29, 0.717) is 18.9 Å². The molecule has 8 nitrogen and oxygen atoms in total. The second kappa shape index (κ2) is 8.55. The van der Waals surface area contributed by atoms with Crippen LogP contribution in [-0.4, -0.2) is 51.1 Å². The van der Waals surface area contributed by atoms with Gasteiger partial charge in [0.15, 0.2) is 5.65 Å². The van der Waals surface area contributed by atoms with Gasteiger partial charge in [-0.3, -0.25) is 9.47 Å². The Morgan fingerprint density at radius 2 is 2.06 bits per heavy atom. The van der Waals surface area contributed by atoms with Crippen LogP contribution in [0, 0.1) is 5.92 Å². The molecule has 4 aromatic rings. The minimum absolute atomic E-state index is 0.160. The molecule has 0 spiro atoms. The predicted molar refractivity (Wildman–Crippen MR) is 127 cm³/mol. The molecule has 0 unspecified atom stereocenters. The molecule has 4 heterocycles. The highest BCUT2D eigenvalue weighted by Gasteiger charge is 2.26. The van der Waals surface area contributed by atoms with Crippen molar-refractivity contribution in [2.45, 2.75) is 38.8 Å². The van der Waals surface area contributed by atoms with Gasteiger partial charge in [-0.05, 0) is 54.9 Å². The molecule has 1 aromatic carbocycles. The van der Waals surface area contributed by atoms with Crippen molar-refractivity contribution in [2.75, 3.05) is 27.0 Å². The zero-order valence-corrected chi connectivity index (χ0v) is 19.5. The van der Waals surface area contributed by atoms with Gasteiger partial charge in [0.1, 0.15) is 16.9 Å². The third-order valence-electron chi connectivity index (χ3n) is 6.59. The molecule has 0 saturated heterocycles. The van der Waals surface area contributed by atoms with Crippen molar-refractivity contribution >= 4 is 27.2 Å². The van der Waals surface area contributed by atoms with Crippen LogP contribution in [-0.2, 0) is 24.2 Å². The highest BCUT2D eigenvalue weighted by Crippen LogP contribution is 2.36. The molecule has 1 fully saturated rings. The van der Waals surface area contributed by atoms with Crippen LogP contribution in [0.2, 0.25) is 0 Å². The van der Waals surface area contributed by atoms with Crippen molar-refractivity contribution in [2.24, 2.45) is 5.92 Å². The van der Waals surface area contributed by atoms with Crippen LogP contribution >= 0.6 is 11.3 Å². The summed E-state index contributed by atoms with van der Waals surface area (Å²) in [4.78, 5) is 22.5. The first kappa shape index (κ1) is 20.8. The van der Waals surface area contributed by atoms with E-state index < -0.39 is 0 Å². The lowest BCUT2D eigenvalue weighted by atomic mass is 10.1. The largest absolute Gasteiger partial charge is 0.497 e. The van der Waals surface area contributed by atoms with E-state index in [9.17, 15) is 4.79 Å². The Morgan fingerprint density at radius 1 is 1.21 bits per heavy atom. The Kier molecular flexibility index (Phi) is 5.40. The number of ether oxygens (including phenoxy) is 2. The van der Waals surface area contributed by atoms with E-state index in [-0.39, 0.29) is 5.69 Å². The highest BCUT2D eigenvalue weighted by atomic mass is 32.1. The first-order chi connectivity index (χ1) is 16.2. The fourth-order valence-corrected chi connectivity index (χ4v) is 6.00. The molecule has 1 saturated carbocycles. The Morgan fingerprint density at radius 3 is 2.85 bits per heavy atom.